The van der Waals surface area contributed by atoms with Crippen LogP contribution in [0.4, 0.5) is 10.2 Å². The Kier molecular flexibility index (Phi) is 4.77. The van der Waals surface area contributed by atoms with Crippen molar-refractivity contribution in [1.82, 2.24) is 19.1 Å². The first-order chi connectivity index (χ1) is 13.3. The van der Waals surface area contributed by atoms with Crippen LogP contribution in [0, 0.1) is 5.82 Å². The van der Waals surface area contributed by atoms with Gasteiger partial charge in [-0.1, -0.05) is 0 Å². The van der Waals surface area contributed by atoms with Crippen LogP contribution in [-0.4, -0.2) is 40.0 Å². The molecule has 3 aromatic rings. The topological polar surface area (TPSA) is 123 Å². The van der Waals surface area contributed by atoms with E-state index in [0.717, 1.165) is 6.07 Å². The molecule has 1 fully saturated rings. The molecule has 2 heterocycles. The zero-order valence-corrected chi connectivity index (χ0v) is 15.7. The highest BCUT2D eigenvalue weighted by Gasteiger charge is 2.26. The summed E-state index contributed by atoms with van der Waals surface area (Å²) in [6.07, 6.45) is 6.33. The molecule has 4 rings (SSSR count). The number of nitrogens with zero attached hydrogens (tertiary/aromatic N) is 3. The van der Waals surface area contributed by atoms with E-state index in [0.29, 0.717) is 37.0 Å². The van der Waals surface area contributed by atoms with E-state index in [9.17, 15) is 17.9 Å². The number of anilines is 1. The highest BCUT2D eigenvalue weighted by Crippen LogP contribution is 2.28. The summed E-state index contributed by atoms with van der Waals surface area (Å²) in [6, 6.07) is 3.40. The summed E-state index contributed by atoms with van der Waals surface area (Å²) < 4.78 is 44.3. The van der Waals surface area contributed by atoms with Gasteiger partial charge in [-0.05, 0) is 43.9 Å². The van der Waals surface area contributed by atoms with Gasteiger partial charge < -0.3 is 10.8 Å². The van der Waals surface area contributed by atoms with Crippen LogP contribution in [0.3, 0.4) is 0 Å². The van der Waals surface area contributed by atoms with E-state index in [1.165, 1.54) is 24.5 Å². The molecule has 0 unspecified atom stereocenters. The maximum atomic E-state index is 14.5. The van der Waals surface area contributed by atoms with Crippen molar-refractivity contribution in [2.75, 3.05) is 5.73 Å². The number of benzene rings is 1. The highest BCUT2D eigenvalue weighted by molar-refractivity contribution is 7.89. The van der Waals surface area contributed by atoms with Gasteiger partial charge in [0.1, 0.15) is 5.82 Å². The molecule has 8 nitrogen and oxygen atoms in total. The number of nitrogen functional groups attached to an aromatic ring is 1. The number of hydrogen-bond donors (Lipinski definition) is 3. The zero-order chi connectivity index (χ0) is 19.9. The molecule has 1 aromatic carbocycles. The number of nitrogens with two attached hydrogens (primary N) is 1. The molecule has 0 spiro atoms. The molecule has 0 amide bonds. The number of imidazole rings is 1. The second-order valence-corrected chi connectivity index (χ2v) is 8.63. The third-order valence-electron chi connectivity index (χ3n) is 5.00. The first kappa shape index (κ1) is 18.8. The van der Waals surface area contributed by atoms with E-state index in [2.05, 4.69) is 14.7 Å². The monoisotopic (exact) mass is 405 g/mol. The molecule has 0 atom stereocenters. The SMILES string of the molecule is Nc1nccn2c(-c3cc(S(=O)(=O)N[C@H]4CC[C@H](O)CC4)ccc3F)cnc12. The summed E-state index contributed by atoms with van der Waals surface area (Å²) >= 11 is 0. The Balaban J connectivity index is 1.69. The highest BCUT2D eigenvalue weighted by atomic mass is 32.2. The number of nitrogens with one attached hydrogen (secondary N) is 1. The smallest absolute Gasteiger partial charge is 0.240 e. The van der Waals surface area contributed by atoms with E-state index >= 15 is 0 Å². The van der Waals surface area contributed by atoms with Gasteiger partial charge in [0.25, 0.3) is 0 Å². The van der Waals surface area contributed by atoms with E-state index < -0.39 is 15.8 Å². The largest absolute Gasteiger partial charge is 0.393 e. The van der Waals surface area contributed by atoms with E-state index in [1.54, 1.807) is 10.6 Å². The molecule has 0 aliphatic heterocycles. The molecule has 4 N–H and O–H groups in total. The number of aromatic nitrogens is 3. The lowest BCUT2D eigenvalue weighted by molar-refractivity contribution is 0.120. The van der Waals surface area contributed by atoms with Crippen molar-refractivity contribution >= 4 is 21.5 Å². The summed E-state index contributed by atoms with van der Waals surface area (Å²) in [5, 5.41) is 9.58. The molecule has 1 saturated carbocycles. The van der Waals surface area contributed by atoms with Crippen LogP contribution in [0.25, 0.3) is 16.9 Å². The summed E-state index contributed by atoms with van der Waals surface area (Å²) in [4.78, 5) is 8.05. The standard InChI is InChI=1S/C18H20FN5O3S/c19-15-6-5-13(28(26,27)23-11-1-3-12(25)4-2-11)9-14(15)16-10-22-18-17(20)21-7-8-24(16)18/h5-12,23,25H,1-4H2,(H2,20,21)/t11-,12-. The van der Waals surface area contributed by atoms with E-state index in [-0.39, 0.29) is 28.4 Å². The maximum Gasteiger partial charge on any atom is 0.240 e. The number of halogens is 1. The van der Waals surface area contributed by atoms with Crippen molar-refractivity contribution < 1.29 is 17.9 Å². The van der Waals surface area contributed by atoms with Gasteiger partial charge in [0, 0.05) is 24.0 Å². The van der Waals surface area contributed by atoms with Gasteiger partial charge in [-0.15, -0.1) is 0 Å². The molecule has 148 valence electrons. The maximum absolute atomic E-state index is 14.5. The molecule has 2 aromatic heterocycles. The number of aliphatic hydroxyl groups is 1. The van der Waals surface area contributed by atoms with Crippen LogP contribution < -0.4 is 10.5 Å². The van der Waals surface area contributed by atoms with Crippen LogP contribution in [0.5, 0.6) is 0 Å². The molecule has 10 heteroatoms. The second-order valence-electron chi connectivity index (χ2n) is 6.92. The number of hydrogen-bond acceptors (Lipinski definition) is 6. The fraction of sp³-hybridized carbons (Fsp3) is 0.333. The van der Waals surface area contributed by atoms with Crippen LogP contribution >= 0.6 is 0 Å². The average Bonchev–Trinajstić information content (AvgIpc) is 3.09. The van der Waals surface area contributed by atoms with Crippen LogP contribution in [0.15, 0.2) is 41.7 Å². The van der Waals surface area contributed by atoms with Crippen LogP contribution in [0.1, 0.15) is 25.7 Å². The van der Waals surface area contributed by atoms with E-state index in [4.69, 9.17) is 5.73 Å². The minimum Gasteiger partial charge on any atom is -0.393 e. The molecular formula is C18H20FN5O3S. The molecule has 0 bridgehead atoms. The predicted octanol–water partition coefficient (Wildman–Crippen LogP) is 1.70. The van der Waals surface area contributed by atoms with E-state index in [1.807, 2.05) is 0 Å². The minimum atomic E-state index is -3.83. The van der Waals surface area contributed by atoms with Gasteiger partial charge in [-0.3, -0.25) is 4.40 Å². The number of fused-ring (bicyclic) bond motifs is 1. The lowest BCUT2D eigenvalue weighted by Gasteiger charge is -2.26. The van der Waals surface area contributed by atoms with Gasteiger partial charge >= 0.3 is 0 Å². The average molecular weight is 405 g/mol. The Morgan fingerprint density at radius 2 is 1.96 bits per heavy atom. The summed E-state index contributed by atoms with van der Waals surface area (Å²) in [6.45, 7) is 0. The van der Waals surface area contributed by atoms with Crippen LogP contribution in [0.2, 0.25) is 0 Å². The van der Waals surface area contributed by atoms with Gasteiger partial charge in [0.2, 0.25) is 10.0 Å². The summed E-state index contributed by atoms with van der Waals surface area (Å²) in [5.41, 5.74) is 6.62. The number of rotatable bonds is 4. The zero-order valence-electron chi connectivity index (χ0n) is 14.9. The lowest BCUT2D eigenvalue weighted by Crippen LogP contribution is -2.38. The predicted molar refractivity (Wildman–Crippen MR) is 101 cm³/mol. The van der Waals surface area contributed by atoms with Crippen molar-refractivity contribution in [3.05, 3.63) is 42.6 Å². The Bertz CT molecular complexity index is 1120. The Morgan fingerprint density at radius 1 is 1.21 bits per heavy atom. The molecule has 0 saturated heterocycles. The summed E-state index contributed by atoms with van der Waals surface area (Å²) in [7, 11) is -3.83. The van der Waals surface area contributed by atoms with Crippen molar-refractivity contribution in [2.45, 2.75) is 42.7 Å². The number of aliphatic hydroxyl groups excluding tert-OH is 1. The molecule has 1 aliphatic carbocycles. The fourth-order valence-corrected chi connectivity index (χ4v) is 4.82. The summed E-state index contributed by atoms with van der Waals surface area (Å²) in [5.74, 6) is -0.379. The minimum absolute atomic E-state index is 0.0352. The third-order valence-corrected chi connectivity index (χ3v) is 6.52. The molecule has 28 heavy (non-hydrogen) atoms. The van der Waals surface area contributed by atoms with Crippen molar-refractivity contribution in [2.24, 2.45) is 0 Å². The molecule has 1 aliphatic rings. The van der Waals surface area contributed by atoms with Gasteiger partial charge in [0.05, 0.1) is 22.9 Å². The Morgan fingerprint density at radius 3 is 2.71 bits per heavy atom. The molecular weight excluding hydrogens is 385 g/mol. The van der Waals surface area contributed by atoms with Crippen molar-refractivity contribution in [3.8, 4) is 11.3 Å². The quantitative estimate of drug-likeness (QED) is 0.607. The third kappa shape index (κ3) is 3.46. The van der Waals surface area contributed by atoms with Gasteiger partial charge in [0.15, 0.2) is 11.5 Å². The fourth-order valence-electron chi connectivity index (χ4n) is 3.49. The Labute approximate surface area is 161 Å². The second kappa shape index (κ2) is 7.12. The first-order valence-electron chi connectivity index (χ1n) is 8.93. The van der Waals surface area contributed by atoms with Crippen molar-refractivity contribution in [1.29, 1.82) is 0 Å². The molecule has 0 radical (unpaired) electrons. The Hall–Kier alpha value is -2.56. The van der Waals surface area contributed by atoms with Gasteiger partial charge in [-0.2, -0.15) is 0 Å². The number of sulfonamides is 1. The van der Waals surface area contributed by atoms with Gasteiger partial charge in [-0.25, -0.2) is 27.5 Å². The van der Waals surface area contributed by atoms with Crippen molar-refractivity contribution in [3.63, 3.8) is 0 Å². The normalized spacial score (nSPS) is 20.5. The lowest BCUT2D eigenvalue weighted by atomic mass is 9.94. The first-order valence-corrected chi connectivity index (χ1v) is 10.4. The van der Waals surface area contributed by atoms with Crippen LogP contribution in [-0.2, 0) is 10.0 Å².